The maximum atomic E-state index is 13.8. The van der Waals surface area contributed by atoms with Crippen LogP contribution in [0.5, 0.6) is 23.0 Å². The zero-order valence-electron chi connectivity index (χ0n) is 63.8. The third kappa shape index (κ3) is 21.7. The highest BCUT2D eigenvalue weighted by Crippen LogP contribution is 2.38. The highest BCUT2D eigenvalue weighted by atomic mass is 32.2. The topological polar surface area (TPSA) is 303 Å². The first-order valence-electron chi connectivity index (χ1n) is 37.7. The maximum absolute atomic E-state index is 13.8. The van der Waals surface area contributed by atoms with Crippen molar-refractivity contribution in [2.45, 2.75) is 84.6 Å². The van der Waals surface area contributed by atoms with E-state index >= 15 is 0 Å². The number of benzene rings is 6. The first kappa shape index (κ1) is 80.8. The third-order valence-corrected chi connectivity index (χ3v) is 20.9. The van der Waals surface area contributed by atoms with Crippen LogP contribution >= 0.6 is 0 Å². The standard InChI is InChI=1S/2C43H45N3O7.C2H6O3S/c2*1-28-3-7-32(8-4-28)37-24-46(23-30-13-15-50-16-14-30)25-38(42(37)48)39(47)19-29-5-9-31(10-6-29)36-20-34(22-45-43(36)44)33-11-12-40(41(21-33)49-2)53-27-35-26-51-17-18-52-35;1-2-6(3,4)5/h2*3-12,20-22,24-25,30,35H,13-19,23,26-27H2,1-2H3,(H2,44,45);2H2,1H3,(H,3,4,5)/t2*35-;/m11./s1. The van der Waals surface area contributed by atoms with Crippen molar-refractivity contribution in [3.63, 3.8) is 0 Å². The molecule has 5 N–H and O–H groups in total. The highest BCUT2D eigenvalue weighted by molar-refractivity contribution is 7.85. The van der Waals surface area contributed by atoms with Gasteiger partial charge in [0.05, 0.1) is 70.7 Å². The number of aromatic nitrogens is 4. The quantitative estimate of drug-likeness (QED) is 0.0354. The van der Waals surface area contributed by atoms with E-state index in [1.165, 1.54) is 6.92 Å². The normalized spacial score (nSPS) is 16.1. The Hall–Kier alpha value is -10.7. The van der Waals surface area contributed by atoms with Crippen LogP contribution in [0.1, 0.15) is 75.6 Å². The number of nitrogens with zero attached hydrogens (tertiary/aromatic N) is 4. The number of ketones is 2. The molecule has 0 spiro atoms. The monoisotopic (exact) mass is 1540 g/mol. The van der Waals surface area contributed by atoms with Gasteiger partial charge in [-0.2, -0.15) is 8.42 Å². The van der Waals surface area contributed by atoms with Gasteiger partial charge in [0.1, 0.15) is 37.1 Å². The van der Waals surface area contributed by atoms with Crippen LogP contribution in [0, 0.1) is 25.7 Å². The fourth-order valence-corrected chi connectivity index (χ4v) is 13.7. The van der Waals surface area contributed by atoms with Crippen LogP contribution in [0.4, 0.5) is 11.6 Å². The van der Waals surface area contributed by atoms with Crippen LogP contribution in [0.2, 0.25) is 0 Å². The van der Waals surface area contributed by atoms with Gasteiger partial charge in [-0.25, -0.2) is 9.97 Å². The van der Waals surface area contributed by atoms with E-state index in [1.807, 2.05) is 181 Å². The summed E-state index contributed by atoms with van der Waals surface area (Å²) in [6.07, 6.45) is 14.4. The number of Topliss-reactive ketones (excluding diaryl/α,β-unsaturated/α-hetero) is 2. The number of anilines is 2. The van der Waals surface area contributed by atoms with Gasteiger partial charge in [0.2, 0.25) is 0 Å². The number of hydrogen-bond acceptors (Lipinski definition) is 20. The summed E-state index contributed by atoms with van der Waals surface area (Å²) < 4.78 is 87.7. The molecule has 0 saturated carbocycles. The summed E-state index contributed by atoms with van der Waals surface area (Å²) in [7, 11) is -0.450. The van der Waals surface area contributed by atoms with Crippen molar-refractivity contribution in [2.24, 2.45) is 11.8 Å². The van der Waals surface area contributed by atoms with Gasteiger partial charge in [-0.05, 0) is 139 Å². The minimum Gasteiger partial charge on any atom is -0.493 e. The number of carbonyl (C=O) groups is 2. The van der Waals surface area contributed by atoms with E-state index in [0.29, 0.717) is 110 Å². The van der Waals surface area contributed by atoms with Gasteiger partial charge >= 0.3 is 0 Å². The summed E-state index contributed by atoms with van der Waals surface area (Å²) in [6, 6.07) is 46.5. The lowest BCUT2D eigenvalue weighted by molar-refractivity contribution is -0.101. The summed E-state index contributed by atoms with van der Waals surface area (Å²) >= 11 is 0. The van der Waals surface area contributed by atoms with Gasteiger partial charge in [-0.1, -0.05) is 120 Å². The molecule has 0 aliphatic carbocycles. The predicted octanol–water partition coefficient (Wildman–Crippen LogP) is 13.5. The second kappa shape index (κ2) is 38.5. The second-order valence-corrected chi connectivity index (χ2v) is 30.1. The number of hydrogen-bond donors (Lipinski definition) is 3. The molecule has 4 saturated heterocycles. The van der Waals surface area contributed by atoms with Gasteiger partial charge in [0, 0.05) is 123 Å². The van der Waals surface area contributed by atoms with Crippen LogP contribution in [0.25, 0.3) is 66.8 Å². The molecule has 2 atom stereocenters. The van der Waals surface area contributed by atoms with Gasteiger partial charge in [-0.15, -0.1) is 0 Å². The van der Waals surface area contributed by atoms with Gasteiger partial charge in [0.15, 0.2) is 45.4 Å². The van der Waals surface area contributed by atoms with E-state index < -0.39 is 10.1 Å². The molecule has 6 aromatic carbocycles. The zero-order chi connectivity index (χ0) is 78.7. The molecular weight excluding hydrogens is 1450 g/mol. The average Bonchev–Trinajstić information content (AvgIpc) is 0.794. The van der Waals surface area contributed by atoms with Crippen molar-refractivity contribution in [3.05, 3.63) is 237 Å². The Morgan fingerprint density at radius 1 is 0.464 bits per heavy atom. The SMILES string of the molecule is CCS(=O)(=O)O.COc1cc(-c2cnc(N)c(-c3ccc(CC(=O)c4cn(CC5CCOCC5)cc(-c5ccc(C)cc5)c4=O)cc3)c2)ccc1OC[C@H]1COCCO1.COc1cc(-c2cnc(N)c(-c3ccc(CC(=O)c4cn(CC5CCOCC5)cc(-c5ccc(C)cc5)c4=O)cc3)c2)ccc1OC[C@H]1COCCO1. The number of carbonyl (C=O) groups excluding carboxylic acids is 2. The molecule has 4 aliphatic heterocycles. The van der Waals surface area contributed by atoms with Crippen LogP contribution in [-0.2, 0) is 64.5 Å². The zero-order valence-corrected chi connectivity index (χ0v) is 64.6. The van der Waals surface area contributed by atoms with Gasteiger partial charge < -0.3 is 68.0 Å². The molecule has 4 fully saturated rings. The molecule has 23 nitrogen and oxygen atoms in total. The fourth-order valence-electron chi connectivity index (χ4n) is 13.7. The van der Waals surface area contributed by atoms with Crippen LogP contribution < -0.4 is 41.3 Å². The Labute approximate surface area is 652 Å². The molecule has 112 heavy (non-hydrogen) atoms. The minimum absolute atomic E-state index is 0.0893. The number of methoxy groups -OCH3 is 2. The van der Waals surface area contributed by atoms with E-state index in [9.17, 15) is 27.6 Å². The van der Waals surface area contributed by atoms with Gasteiger partial charge in [0.25, 0.3) is 10.1 Å². The average molecular weight is 1540 g/mol. The Kier molecular flexibility index (Phi) is 27.8. The molecule has 586 valence electrons. The van der Waals surface area contributed by atoms with Crippen LogP contribution in [0.15, 0.2) is 192 Å². The smallest absolute Gasteiger partial charge is 0.264 e. The van der Waals surface area contributed by atoms with E-state index in [1.54, 1.807) is 39.0 Å². The van der Waals surface area contributed by atoms with E-state index in [2.05, 4.69) is 9.97 Å². The van der Waals surface area contributed by atoms with E-state index in [0.717, 1.165) is 143 Å². The fraction of sp³-hybridized carbons (Fsp3) is 0.341. The third-order valence-electron chi connectivity index (χ3n) is 20.2. The van der Waals surface area contributed by atoms with Crippen molar-refractivity contribution in [1.29, 1.82) is 0 Å². The lowest BCUT2D eigenvalue weighted by atomic mass is 9.96. The number of nitrogen functional groups attached to an aromatic ring is 2. The molecule has 4 aliphatic rings. The molecule has 4 aromatic heterocycles. The van der Waals surface area contributed by atoms with Crippen molar-refractivity contribution >= 4 is 33.3 Å². The minimum atomic E-state index is -3.66. The van der Waals surface area contributed by atoms with Crippen molar-refractivity contribution in [3.8, 4) is 89.8 Å². The lowest BCUT2D eigenvalue weighted by Gasteiger charge is -2.23. The molecular formula is C88H96N6O17S. The predicted molar refractivity (Wildman–Crippen MR) is 431 cm³/mol. The maximum Gasteiger partial charge on any atom is 0.264 e. The first-order valence-corrected chi connectivity index (χ1v) is 39.4. The Morgan fingerprint density at radius 3 is 1.17 bits per heavy atom. The van der Waals surface area contributed by atoms with E-state index in [4.69, 9.17) is 63.4 Å². The molecule has 0 unspecified atom stereocenters. The molecule has 24 heteroatoms. The second-order valence-electron chi connectivity index (χ2n) is 28.3. The first-order chi connectivity index (χ1) is 54.2. The molecule has 0 amide bonds. The number of aryl methyl sites for hydroxylation is 2. The molecule has 0 radical (unpaired) electrons. The number of ether oxygens (including phenoxy) is 10. The molecule has 8 heterocycles. The number of rotatable bonds is 25. The highest BCUT2D eigenvalue weighted by Gasteiger charge is 2.25. The van der Waals surface area contributed by atoms with Crippen molar-refractivity contribution in [1.82, 2.24) is 19.1 Å². The molecule has 14 rings (SSSR count). The van der Waals surface area contributed by atoms with E-state index in [-0.39, 0.29) is 64.4 Å². The largest absolute Gasteiger partial charge is 0.493 e. The summed E-state index contributed by atoms with van der Waals surface area (Å²) in [6.45, 7) is 13.8. The number of pyridine rings is 4. The summed E-state index contributed by atoms with van der Waals surface area (Å²) in [5.74, 6) is 3.37. The van der Waals surface area contributed by atoms with Crippen molar-refractivity contribution in [2.75, 3.05) is 111 Å². The van der Waals surface area contributed by atoms with Crippen molar-refractivity contribution < 1.29 is 69.9 Å². The summed E-state index contributed by atoms with van der Waals surface area (Å²) in [4.78, 5) is 64.3. The van der Waals surface area contributed by atoms with Gasteiger partial charge in [-0.3, -0.25) is 23.7 Å². The Balaban J connectivity index is 0.000000194. The Bertz CT molecular complexity index is 4800. The number of nitrogens with two attached hydrogens (primary N) is 2. The Morgan fingerprint density at radius 2 is 0.821 bits per heavy atom. The lowest BCUT2D eigenvalue weighted by Crippen LogP contribution is -2.33. The summed E-state index contributed by atoms with van der Waals surface area (Å²) in [5, 5.41) is 0. The molecule has 0 bridgehead atoms. The molecule has 10 aromatic rings. The van der Waals surface area contributed by atoms with Crippen LogP contribution in [0.3, 0.4) is 0 Å². The van der Waals surface area contributed by atoms with Crippen LogP contribution in [-0.4, -0.2) is 155 Å². The summed E-state index contributed by atoms with van der Waals surface area (Å²) in [5.41, 5.74) is 25.8.